The molecule has 1 fully saturated rings. The molecule has 1 saturated heterocycles. The van der Waals surface area contributed by atoms with Crippen molar-refractivity contribution in [3.8, 4) is 0 Å². The van der Waals surface area contributed by atoms with Crippen LogP contribution in [-0.4, -0.2) is 24.8 Å². The predicted molar refractivity (Wildman–Crippen MR) is 44.0 cm³/mol. The summed E-state index contributed by atoms with van der Waals surface area (Å²) in [6.45, 7) is 6.73. The maximum Gasteiger partial charge on any atom is 0.0402 e. The zero-order valence-corrected chi connectivity index (χ0v) is 7.06. The van der Waals surface area contributed by atoms with Gasteiger partial charge in [-0.05, 0) is 38.8 Å². The van der Waals surface area contributed by atoms with E-state index < -0.39 is 0 Å². The maximum atomic E-state index is 7.57. The van der Waals surface area contributed by atoms with Gasteiger partial charge in [-0.3, -0.25) is 0 Å². The van der Waals surface area contributed by atoms with Gasteiger partial charge < -0.3 is 10.4 Å². The highest BCUT2D eigenvalue weighted by Crippen LogP contribution is 2.08. The summed E-state index contributed by atoms with van der Waals surface area (Å²) in [6, 6.07) is 0. The second kappa shape index (κ2) is 7.03. The Morgan fingerprint density at radius 1 is 1.40 bits per heavy atom. The summed E-state index contributed by atoms with van der Waals surface area (Å²) in [5.74, 6) is 0.973. The number of rotatable bonds is 0. The van der Waals surface area contributed by atoms with E-state index in [-0.39, 0.29) is 6.61 Å². The van der Waals surface area contributed by atoms with E-state index in [1.165, 1.54) is 25.9 Å². The van der Waals surface area contributed by atoms with Crippen LogP contribution >= 0.6 is 0 Å². The molecule has 62 valence electrons. The van der Waals surface area contributed by atoms with Crippen molar-refractivity contribution >= 4 is 0 Å². The summed E-state index contributed by atoms with van der Waals surface area (Å²) in [5, 5.41) is 10.9. The fraction of sp³-hybridized carbons (Fsp3) is 1.00. The Morgan fingerprint density at radius 2 is 1.80 bits per heavy atom. The normalized spacial score (nSPS) is 19.5. The molecule has 1 heterocycles. The van der Waals surface area contributed by atoms with Crippen LogP contribution in [0.15, 0.2) is 0 Å². The molecular weight excluding hydrogens is 126 g/mol. The van der Waals surface area contributed by atoms with Crippen molar-refractivity contribution in [2.75, 3.05) is 19.7 Å². The molecule has 0 bridgehead atoms. The lowest BCUT2D eigenvalue weighted by Crippen LogP contribution is -2.26. The Hall–Kier alpha value is -0.0800. The molecule has 2 nitrogen and oxygen atoms in total. The molecule has 1 rings (SSSR count). The summed E-state index contributed by atoms with van der Waals surface area (Å²) >= 11 is 0. The summed E-state index contributed by atoms with van der Waals surface area (Å²) in [5.41, 5.74) is 0. The molecule has 0 aromatic carbocycles. The van der Waals surface area contributed by atoms with Crippen molar-refractivity contribution < 1.29 is 5.11 Å². The second-order valence-corrected chi connectivity index (χ2v) is 2.75. The molecular formula is C8H19NO. The third-order valence-electron chi connectivity index (χ3n) is 1.63. The molecule has 0 aromatic heterocycles. The van der Waals surface area contributed by atoms with Crippen molar-refractivity contribution in [1.82, 2.24) is 5.32 Å². The molecule has 10 heavy (non-hydrogen) atoms. The molecule has 2 N–H and O–H groups in total. The van der Waals surface area contributed by atoms with Gasteiger partial charge in [0.1, 0.15) is 0 Å². The van der Waals surface area contributed by atoms with Crippen molar-refractivity contribution in [2.24, 2.45) is 5.92 Å². The Kier molecular flexibility index (Phi) is 6.98. The van der Waals surface area contributed by atoms with Crippen molar-refractivity contribution in [1.29, 1.82) is 0 Å². The minimum atomic E-state index is 0.250. The zero-order chi connectivity index (χ0) is 7.82. The summed E-state index contributed by atoms with van der Waals surface area (Å²) in [7, 11) is 0. The lowest BCUT2D eigenvalue weighted by Gasteiger charge is -2.17. The highest BCUT2D eigenvalue weighted by Gasteiger charge is 2.04. The van der Waals surface area contributed by atoms with Gasteiger partial charge in [0, 0.05) is 6.61 Å². The van der Waals surface area contributed by atoms with E-state index >= 15 is 0 Å². The number of aliphatic hydroxyl groups excluding tert-OH is 1. The number of aliphatic hydroxyl groups is 1. The Morgan fingerprint density at radius 3 is 2.00 bits per heavy atom. The van der Waals surface area contributed by atoms with E-state index in [1.54, 1.807) is 6.92 Å². The monoisotopic (exact) mass is 145 g/mol. The van der Waals surface area contributed by atoms with Crippen LogP contribution < -0.4 is 5.32 Å². The number of hydrogen-bond acceptors (Lipinski definition) is 2. The first-order valence-electron chi connectivity index (χ1n) is 4.12. The fourth-order valence-corrected chi connectivity index (χ4v) is 0.966. The molecule has 0 spiro atoms. The maximum absolute atomic E-state index is 7.57. The third kappa shape index (κ3) is 6.05. The van der Waals surface area contributed by atoms with Gasteiger partial charge in [-0.25, -0.2) is 0 Å². The van der Waals surface area contributed by atoms with Gasteiger partial charge in [-0.2, -0.15) is 0 Å². The van der Waals surface area contributed by atoms with Crippen molar-refractivity contribution in [3.63, 3.8) is 0 Å². The van der Waals surface area contributed by atoms with Crippen LogP contribution in [0.5, 0.6) is 0 Å². The lowest BCUT2D eigenvalue weighted by atomic mass is 10.0. The Bertz CT molecular complexity index is 60.3. The predicted octanol–water partition coefficient (Wildman–Crippen LogP) is 1.00. The lowest BCUT2D eigenvalue weighted by molar-refractivity contribution is 0.318. The first-order chi connectivity index (χ1) is 4.81. The van der Waals surface area contributed by atoms with Crippen LogP contribution in [0.4, 0.5) is 0 Å². The fourth-order valence-electron chi connectivity index (χ4n) is 0.966. The second-order valence-electron chi connectivity index (χ2n) is 2.75. The molecule has 0 amide bonds. The van der Waals surface area contributed by atoms with Crippen LogP contribution in [0.2, 0.25) is 0 Å². The van der Waals surface area contributed by atoms with Gasteiger partial charge in [0.15, 0.2) is 0 Å². The quantitative estimate of drug-likeness (QED) is 0.533. The SMILES string of the molecule is CC1CCNCC1.CCO. The molecule has 1 aliphatic heterocycles. The van der Waals surface area contributed by atoms with E-state index in [4.69, 9.17) is 5.11 Å². The standard InChI is InChI=1S/C6H13N.C2H6O/c1-6-2-4-7-5-3-6;1-2-3/h6-7H,2-5H2,1H3;3H,2H2,1H3. The van der Waals surface area contributed by atoms with Crippen molar-refractivity contribution in [3.05, 3.63) is 0 Å². The van der Waals surface area contributed by atoms with E-state index in [0.29, 0.717) is 0 Å². The van der Waals surface area contributed by atoms with E-state index in [1.807, 2.05) is 0 Å². The summed E-state index contributed by atoms with van der Waals surface area (Å²) in [6.07, 6.45) is 2.75. The van der Waals surface area contributed by atoms with Crippen LogP contribution in [0, 0.1) is 5.92 Å². The van der Waals surface area contributed by atoms with Crippen LogP contribution in [0.3, 0.4) is 0 Å². The number of hydrogen-bond donors (Lipinski definition) is 2. The first kappa shape index (κ1) is 9.92. The molecule has 2 heteroatoms. The van der Waals surface area contributed by atoms with Gasteiger partial charge in [-0.15, -0.1) is 0 Å². The van der Waals surface area contributed by atoms with Crippen molar-refractivity contribution in [2.45, 2.75) is 26.7 Å². The van der Waals surface area contributed by atoms with Gasteiger partial charge in [0.25, 0.3) is 0 Å². The molecule has 0 radical (unpaired) electrons. The number of piperidine rings is 1. The largest absolute Gasteiger partial charge is 0.397 e. The highest BCUT2D eigenvalue weighted by atomic mass is 16.2. The summed E-state index contributed by atoms with van der Waals surface area (Å²) < 4.78 is 0. The molecule has 0 unspecified atom stereocenters. The molecule has 0 aromatic rings. The Labute approximate surface area is 63.6 Å². The number of nitrogens with one attached hydrogen (secondary N) is 1. The van der Waals surface area contributed by atoms with Gasteiger partial charge in [0.05, 0.1) is 0 Å². The van der Waals surface area contributed by atoms with Crippen LogP contribution in [0.25, 0.3) is 0 Å². The molecule has 1 aliphatic rings. The van der Waals surface area contributed by atoms with Gasteiger partial charge in [0.2, 0.25) is 0 Å². The van der Waals surface area contributed by atoms with E-state index in [9.17, 15) is 0 Å². The molecule has 0 saturated carbocycles. The molecule has 0 atom stereocenters. The minimum absolute atomic E-state index is 0.250. The Balaban J connectivity index is 0.000000236. The minimum Gasteiger partial charge on any atom is -0.397 e. The van der Waals surface area contributed by atoms with E-state index in [0.717, 1.165) is 5.92 Å². The average molecular weight is 145 g/mol. The average Bonchev–Trinajstić information content (AvgIpc) is 1.91. The highest BCUT2D eigenvalue weighted by molar-refractivity contribution is 4.62. The topological polar surface area (TPSA) is 32.3 Å². The first-order valence-corrected chi connectivity index (χ1v) is 4.12. The van der Waals surface area contributed by atoms with Crippen LogP contribution in [-0.2, 0) is 0 Å². The van der Waals surface area contributed by atoms with Crippen LogP contribution in [0.1, 0.15) is 26.7 Å². The smallest absolute Gasteiger partial charge is 0.0402 e. The third-order valence-corrected chi connectivity index (χ3v) is 1.63. The summed E-state index contributed by atoms with van der Waals surface area (Å²) in [4.78, 5) is 0. The molecule has 0 aliphatic carbocycles. The van der Waals surface area contributed by atoms with Gasteiger partial charge >= 0.3 is 0 Å². The van der Waals surface area contributed by atoms with E-state index in [2.05, 4.69) is 12.2 Å². The van der Waals surface area contributed by atoms with Gasteiger partial charge in [-0.1, -0.05) is 6.92 Å². The zero-order valence-electron chi connectivity index (χ0n) is 7.06.